The van der Waals surface area contributed by atoms with Crippen LogP contribution in [-0.4, -0.2) is 32.2 Å². The van der Waals surface area contributed by atoms with E-state index in [-0.39, 0.29) is 6.10 Å². The van der Waals surface area contributed by atoms with E-state index < -0.39 is 0 Å². The lowest BCUT2D eigenvalue weighted by atomic mass is 9.89. The van der Waals surface area contributed by atoms with Gasteiger partial charge in [-0.25, -0.2) is 0 Å². The molecule has 4 nitrogen and oxygen atoms in total. The fourth-order valence-electron chi connectivity index (χ4n) is 3.27. The van der Waals surface area contributed by atoms with E-state index in [0.717, 1.165) is 44.5 Å². The van der Waals surface area contributed by atoms with E-state index in [1.54, 1.807) is 0 Å². The van der Waals surface area contributed by atoms with E-state index >= 15 is 0 Å². The average molecular weight is 329 g/mol. The van der Waals surface area contributed by atoms with E-state index in [0.29, 0.717) is 5.92 Å². The third-order valence-corrected chi connectivity index (χ3v) is 4.93. The lowest BCUT2D eigenvalue weighted by Crippen LogP contribution is -2.42. The monoisotopic (exact) mass is 329 g/mol. The van der Waals surface area contributed by atoms with Gasteiger partial charge in [-0.1, -0.05) is 29.8 Å². The molecule has 2 N–H and O–H groups in total. The molecule has 1 aliphatic heterocycles. The van der Waals surface area contributed by atoms with Gasteiger partial charge in [0.2, 0.25) is 0 Å². The Morgan fingerprint density at radius 1 is 1.17 bits per heavy atom. The van der Waals surface area contributed by atoms with Crippen LogP contribution in [0.2, 0.25) is 0 Å². The maximum absolute atomic E-state index is 6.12. The lowest BCUT2D eigenvalue weighted by Gasteiger charge is -2.32. The molecule has 0 aromatic heterocycles. The van der Waals surface area contributed by atoms with Crippen molar-refractivity contribution in [3.63, 3.8) is 0 Å². The first kappa shape index (κ1) is 17.3. The average Bonchev–Trinajstić information content (AvgIpc) is 3.43. The van der Waals surface area contributed by atoms with E-state index in [1.807, 2.05) is 0 Å². The minimum atomic E-state index is 0.193. The Bertz CT molecular complexity index is 536. The number of guanidine groups is 1. The van der Waals surface area contributed by atoms with Gasteiger partial charge in [-0.3, -0.25) is 4.99 Å². The highest BCUT2D eigenvalue weighted by Gasteiger charge is 2.27. The van der Waals surface area contributed by atoms with Gasteiger partial charge in [-0.2, -0.15) is 0 Å². The molecule has 1 heterocycles. The van der Waals surface area contributed by atoms with Gasteiger partial charge in [0.05, 0.1) is 6.10 Å². The summed E-state index contributed by atoms with van der Waals surface area (Å²) in [6.45, 7) is 7.88. The van der Waals surface area contributed by atoms with E-state index in [4.69, 9.17) is 9.73 Å². The molecular formula is C20H31N3O. The van der Waals surface area contributed by atoms with Crippen LogP contribution >= 0.6 is 0 Å². The van der Waals surface area contributed by atoms with Gasteiger partial charge >= 0.3 is 0 Å². The summed E-state index contributed by atoms with van der Waals surface area (Å²) in [5.74, 6) is 2.27. The first-order valence-electron chi connectivity index (χ1n) is 9.46. The summed E-state index contributed by atoms with van der Waals surface area (Å²) in [4.78, 5) is 4.72. The predicted molar refractivity (Wildman–Crippen MR) is 99.3 cm³/mol. The van der Waals surface area contributed by atoms with Crippen LogP contribution in [0, 0.1) is 18.8 Å². The van der Waals surface area contributed by atoms with Crippen LogP contribution in [0.25, 0.3) is 0 Å². The van der Waals surface area contributed by atoms with E-state index in [9.17, 15) is 0 Å². The number of nitrogens with one attached hydrogen (secondary N) is 2. The summed E-state index contributed by atoms with van der Waals surface area (Å²) in [6.07, 6.45) is 5.22. The van der Waals surface area contributed by atoms with Gasteiger partial charge in [-0.15, -0.1) is 0 Å². The Hall–Kier alpha value is -1.55. The van der Waals surface area contributed by atoms with Crippen molar-refractivity contribution < 1.29 is 4.74 Å². The van der Waals surface area contributed by atoms with Gasteiger partial charge in [0, 0.05) is 32.2 Å². The fourth-order valence-corrected chi connectivity index (χ4v) is 3.27. The van der Waals surface area contributed by atoms with Gasteiger partial charge in [0.1, 0.15) is 0 Å². The third-order valence-electron chi connectivity index (χ3n) is 4.93. The molecule has 0 bridgehead atoms. The zero-order valence-electron chi connectivity index (χ0n) is 15.1. The van der Waals surface area contributed by atoms with Crippen LogP contribution < -0.4 is 10.6 Å². The van der Waals surface area contributed by atoms with Crippen molar-refractivity contribution in [1.82, 2.24) is 10.6 Å². The molecule has 2 aliphatic rings. The van der Waals surface area contributed by atoms with Crippen LogP contribution in [0.15, 0.2) is 29.3 Å². The summed E-state index contributed by atoms with van der Waals surface area (Å²) in [5.41, 5.74) is 2.60. The normalized spacial score (nSPS) is 24.7. The molecule has 0 spiro atoms. The van der Waals surface area contributed by atoms with Gasteiger partial charge in [0.25, 0.3) is 0 Å². The van der Waals surface area contributed by atoms with Crippen LogP contribution in [0.1, 0.15) is 49.8 Å². The molecule has 1 aliphatic carbocycles. The second-order valence-electron chi connectivity index (χ2n) is 7.15. The van der Waals surface area contributed by atoms with Crippen molar-refractivity contribution >= 4 is 5.96 Å². The van der Waals surface area contributed by atoms with Crippen molar-refractivity contribution in [2.75, 3.05) is 26.2 Å². The number of hydrogen-bond acceptors (Lipinski definition) is 2. The standard InChI is InChI=1S/C20H31N3O/c1-3-21-20(22-13-16-8-9-16)23-14-18-5-4-12-24-19(18)17-10-6-15(2)7-11-17/h6-7,10-11,16,18-19H,3-5,8-9,12-14H2,1-2H3,(H2,21,22,23). The van der Waals surface area contributed by atoms with Crippen molar-refractivity contribution in [1.29, 1.82) is 0 Å². The number of ether oxygens (including phenoxy) is 1. The first-order valence-corrected chi connectivity index (χ1v) is 9.46. The fraction of sp³-hybridized carbons (Fsp3) is 0.650. The van der Waals surface area contributed by atoms with Crippen molar-refractivity contribution in [3.05, 3.63) is 35.4 Å². The lowest BCUT2D eigenvalue weighted by molar-refractivity contribution is -0.0265. The summed E-state index contributed by atoms with van der Waals surface area (Å²) in [7, 11) is 0. The van der Waals surface area contributed by atoms with Crippen LogP contribution in [-0.2, 0) is 4.74 Å². The topological polar surface area (TPSA) is 45.7 Å². The summed E-state index contributed by atoms with van der Waals surface area (Å²) < 4.78 is 6.12. The van der Waals surface area contributed by atoms with Gasteiger partial charge in [0.15, 0.2) is 5.96 Å². The Morgan fingerprint density at radius 3 is 2.67 bits per heavy atom. The van der Waals surface area contributed by atoms with E-state index in [1.165, 1.54) is 30.4 Å². The quantitative estimate of drug-likeness (QED) is 0.621. The van der Waals surface area contributed by atoms with Crippen molar-refractivity contribution in [2.45, 2.75) is 45.6 Å². The van der Waals surface area contributed by atoms with Gasteiger partial charge in [-0.05, 0) is 51.0 Å². The zero-order valence-corrected chi connectivity index (χ0v) is 15.1. The maximum atomic E-state index is 6.12. The highest BCUT2D eigenvalue weighted by atomic mass is 16.5. The highest BCUT2D eigenvalue weighted by molar-refractivity contribution is 5.79. The Labute approximate surface area is 146 Å². The number of nitrogens with zero attached hydrogens (tertiary/aromatic N) is 1. The zero-order chi connectivity index (χ0) is 16.8. The molecular weight excluding hydrogens is 298 g/mol. The molecule has 0 amide bonds. The molecule has 132 valence electrons. The number of benzene rings is 1. The third kappa shape index (κ3) is 4.97. The number of aryl methyl sites for hydroxylation is 1. The second-order valence-corrected chi connectivity index (χ2v) is 7.15. The second kappa shape index (κ2) is 8.52. The summed E-state index contributed by atoms with van der Waals surface area (Å²) in [6, 6.07) is 8.79. The van der Waals surface area contributed by atoms with Crippen LogP contribution in [0.3, 0.4) is 0 Å². The SMILES string of the molecule is CCNC(=NCC1CC1)NCC1CCCOC1c1ccc(C)cc1. The minimum Gasteiger partial charge on any atom is -0.373 e. The summed E-state index contributed by atoms with van der Waals surface area (Å²) >= 11 is 0. The smallest absolute Gasteiger partial charge is 0.191 e. The Balaban J connectivity index is 1.59. The molecule has 1 saturated heterocycles. The molecule has 2 unspecified atom stereocenters. The largest absolute Gasteiger partial charge is 0.373 e. The van der Waals surface area contributed by atoms with Crippen LogP contribution in [0.5, 0.6) is 0 Å². The molecule has 1 saturated carbocycles. The molecule has 1 aromatic carbocycles. The molecule has 0 radical (unpaired) electrons. The molecule has 2 atom stereocenters. The van der Waals surface area contributed by atoms with Crippen LogP contribution in [0.4, 0.5) is 0 Å². The highest BCUT2D eigenvalue weighted by Crippen LogP contribution is 2.33. The maximum Gasteiger partial charge on any atom is 0.191 e. The summed E-state index contributed by atoms with van der Waals surface area (Å²) in [5, 5.41) is 6.91. The molecule has 4 heteroatoms. The van der Waals surface area contributed by atoms with E-state index in [2.05, 4.69) is 48.7 Å². The van der Waals surface area contributed by atoms with Gasteiger partial charge < -0.3 is 15.4 Å². The number of rotatable bonds is 6. The number of hydrogen-bond donors (Lipinski definition) is 2. The molecule has 3 rings (SSSR count). The molecule has 1 aromatic rings. The Kier molecular flexibility index (Phi) is 6.13. The minimum absolute atomic E-state index is 0.193. The molecule has 24 heavy (non-hydrogen) atoms. The van der Waals surface area contributed by atoms with Crippen molar-refractivity contribution in [3.8, 4) is 0 Å². The number of aliphatic imine (C=N–C) groups is 1. The Morgan fingerprint density at radius 2 is 1.96 bits per heavy atom. The predicted octanol–water partition coefficient (Wildman–Crippen LogP) is 3.43. The first-order chi connectivity index (χ1) is 11.8. The molecule has 2 fully saturated rings. The van der Waals surface area contributed by atoms with Crippen molar-refractivity contribution in [2.24, 2.45) is 16.8 Å².